The molecular formula is C26H32N4O. The Morgan fingerprint density at radius 1 is 1.16 bits per heavy atom. The van der Waals surface area contributed by atoms with Gasteiger partial charge in [0.2, 0.25) is 0 Å². The summed E-state index contributed by atoms with van der Waals surface area (Å²) in [5.74, 6) is 0. The molecule has 0 aliphatic heterocycles. The van der Waals surface area contributed by atoms with Crippen molar-refractivity contribution in [3.05, 3.63) is 82.8 Å². The first-order valence-corrected chi connectivity index (χ1v) is 11.0. The number of hydrogen-bond acceptors (Lipinski definition) is 3. The van der Waals surface area contributed by atoms with E-state index in [9.17, 15) is 4.79 Å². The third kappa shape index (κ3) is 5.50. The summed E-state index contributed by atoms with van der Waals surface area (Å²) in [5, 5.41) is 7.95. The van der Waals surface area contributed by atoms with Gasteiger partial charge >= 0.3 is 0 Å². The summed E-state index contributed by atoms with van der Waals surface area (Å²) in [4.78, 5) is 18.4. The molecule has 2 N–H and O–H groups in total. The van der Waals surface area contributed by atoms with E-state index in [2.05, 4.69) is 58.7 Å². The van der Waals surface area contributed by atoms with E-state index >= 15 is 0 Å². The van der Waals surface area contributed by atoms with Gasteiger partial charge in [-0.25, -0.2) is 5.10 Å². The monoisotopic (exact) mass is 416 g/mol. The van der Waals surface area contributed by atoms with Crippen LogP contribution >= 0.6 is 0 Å². The third-order valence-corrected chi connectivity index (χ3v) is 5.20. The summed E-state index contributed by atoms with van der Waals surface area (Å²) in [7, 11) is 0. The number of fused-ring (bicyclic) bond motifs is 1. The average molecular weight is 417 g/mol. The summed E-state index contributed by atoms with van der Waals surface area (Å²) in [6.07, 6.45) is 9.78. The highest BCUT2D eigenvalue weighted by Gasteiger charge is 2.12. The normalized spacial score (nSPS) is 12.3. The van der Waals surface area contributed by atoms with Crippen LogP contribution in [0.25, 0.3) is 27.7 Å². The Kier molecular flexibility index (Phi) is 7.79. The van der Waals surface area contributed by atoms with Crippen LogP contribution in [0.4, 0.5) is 0 Å². The van der Waals surface area contributed by atoms with Gasteiger partial charge in [-0.3, -0.25) is 9.69 Å². The van der Waals surface area contributed by atoms with E-state index in [0.29, 0.717) is 11.3 Å². The van der Waals surface area contributed by atoms with Crippen molar-refractivity contribution in [2.24, 2.45) is 0 Å². The Morgan fingerprint density at radius 3 is 2.61 bits per heavy atom. The lowest BCUT2D eigenvalue weighted by Gasteiger charge is -2.20. The number of nitrogens with one attached hydrogen (secondary N) is 2. The van der Waals surface area contributed by atoms with Crippen molar-refractivity contribution in [2.75, 3.05) is 13.1 Å². The van der Waals surface area contributed by atoms with Crippen LogP contribution in [0.2, 0.25) is 0 Å². The van der Waals surface area contributed by atoms with Gasteiger partial charge in [-0.15, -0.1) is 0 Å². The molecule has 3 aromatic rings. The van der Waals surface area contributed by atoms with Gasteiger partial charge in [0.25, 0.3) is 5.56 Å². The lowest BCUT2D eigenvalue weighted by molar-refractivity contribution is 0.266. The second-order valence-electron chi connectivity index (χ2n) is 7.73. The molecule has 0 saturated carbocycles. The molecule has 5 heteroatoms. The van der Waals surface area contributed by atoms with Crippen LogP contribution in [0.3, 0.4) is 0 Å². The van der Waals surface area contributed by atoms with E-state index < -0.39 is 0 Å². The lowest BCUT2D eigenvalue weighted by atomic mass is 10.1. The Balaban J connectivity index is 1.96. The second-order valence-corrected chi connectivity index (χ2v) is 7.73. The van der Waals surface area contributed by atoms with Crippen LogP contribution in [-0.4, -0.2) is 33.2 Å². The smallest absolute Gasteiger partial charge is 0.273 e. The summed E-state index contributed by atoms with van der Waals surface area (Å²) >= 11 is 0. The molecule has 31 heavy (non-hydrogen) atoms. The van der Waals surface area contributed by atoms with Gasteiger partial charge in [0, 0.05) is 23.0 Å². The molecule has 0 saturated heterocycles. The topological polar surface area (TPSA) is 64.8 Å². The molecule has 2 aromatic heterocycles. The van der Waals surface area contributed by atoms with Crippen molar-refractivity contribution in [1.82, 2.24) is 20.1 Å². The van der Waals surface area contributed by atoms with Gasteiger partial charge in [-0.2, -0.15) is 5.10 Å². The molecule has 1 aromatic carbocycles. The number of hydrogen-bond donors (Lipinski definition) is 2. The first-order chi connectivity index (χ1) is 15.1. The van der Waals surface area contributed by atoms with Gasteiger partial charge in [0.15, 0.2) is 0 Å². The number of aromatic nitrogens is 3. The van der Waals surface area contributed by atoms with Crippen molar-refractivity contribution < 1.29 is 0 Å². The molecule has 0 aliphatic carbocycles. The molecule has 162 valence electrons. The number of rotatable bonds is 10. The fourth-order valence-electron chi connectivity index (χ4n) is 3.87. The van der Waals surface area contributed by atoms with Crippen molar-refractivity contribution in [3.63, 3.8) is 0 Å². The third-order valence-electron chi connectivity index (χ3n) is 5.20. The van der Waals surface area contributed by atoms with Crippen LogP contribution in [0, 0.1) is 0 Å². The van der Waals surface area contributed by atoms with Crippen molar-refractivity contribution in [1.29, 1.82) is 0 Å². The molecule has 0 atom stereocenters. The van der Waals surface area contributed by atoms with E-state index in [0.717, 1.165) is 54.6 Å². The van der Waals surface area contributed by atoms with Gasteiger partial charge in [-0.1, -0.05) is 50.8 Å². The van der Waals surface area contributed by atoms with Crippen LogP contribution in [0.5, 0.6) is 0 Å². The predicted molar refractivity (Wildman–Crippen MR) is 131 cm³/mol. The van der Waals surface area contributed by atoms with Crippen molar-refractivity contribution in [3.8, 4) is 11.3 Å². The summed E-state index contributed by atoms with van der Waals surface area (Å²) in [6.45, 7) is 13.3. The van der Waals surface area contributed by atoms with Crippen LogP contribution in [-0.2, 0) is 6.54 Å². The number of aromatic amines is 2. The highest BCUT2D eigenvalue weighted by Crippen LogP contribution is 2.25. The van der Waals surface area contributed by atoms with Gasteiger partial charge < -0.3 is 4.98 Å². The standard InChI is InChI=1S/C26H32N4O/c1-5-9-20(10-6-2)24-17-22(26(31)29-28-24)25-16-21-15-19(11-12-23(21)27-25)18-30(13-7-3)14-8-4/h5-6,9-12,15-17,27H,1,7-8,13-14,18H2,2-4H3,(H,29,31)/b10-6-,20-9+. The highest BCUT2D eigenvalue weighted by molar-refractivity contribution is 5.87. The van der Waals surface area contributed by atoms with Crippen LogP contribution < -0.4 is 5.56 Å². The molecule has 5 nitrogen and oxygen atoms in total. The molecule has 0 spiro atoms. The van der Waals surface area contributed by atoms with E-state index in [1.807, 2.05) is 37.3 Å². The van der Waals surface area contributed by atoms with Crippen molar-refractivity contribution >= 4 is 16.5 Å². The fraction of sp³-hybridized carbons (Fsp3) is 0.308. The van der Waals surface area contributed by atoms with Gasteiger partial charge in [0.05, 0.1) is 17.0 Å². The van der Waals surface area contributed by atoms with E-state index in [1.165, 1.54) is 5.56 Å². The summed E-state index contributed by atoms with van der Waals surface area (Å²) in [5.41, 5.74) is 5.03. The first-order valence-electron chi connectivity index (χ1n) is 11.0. The second kappa shape index (κ2) is 10.7. The fourth-order valence-corrected chi connectivity index (χ4v) is 3.87. The predicted octanol–water partition coefficient (Wildman–Crippen LogP) is 5.69. The van der Waals surface area contributed by atoms with Crippen LogP contribution in [0.15, 0.2) is 66.0 Å². The lowest BCUT2D eigenvalue weighted by Crippen LogP contribution is -2.24. The highest BCUT2D eigenvalue weighted by atomic mass is 16.1. The molecule has 0 amide bonds. The molecule has 2 heterocycles. The largest absolute Gasteiger partial charge is 0.354 e. The number of benzene rings is 1. The van der Waals surface area contributed by atoms with Gasteiger partial charge in [0.1, 0.15) is 0 Å². The molecular weight excluding hydrogens is 384 g/mol. The minimum atomic E-state index is -0.217. The molecule has 0 fully saturated rings. The summed E-state index contributed by atoms with van der Waals surface area (Å²) < 4.78 is 0. The maximum Gasteiger partial charge on any atom is 0.273 e. The number of allylic oxidation sites excluding steroid dienone is 5. The Labute approximate surface area is 184 Å². The first kappa shape index (κ1) is 22.5. The maximum absolute atomic E-state index is 12.5. The molecule has 0 radical (unpaired) electrons. The SMILES string of the molecule is C=C/C=C(\C=C/C)c1cc(-c2cc3cc(CN(CCC)CCC)ccc3[nH]2)c(=O)[nH]n1. The molecule has 0 bridgehead atoms. The molecule has 3 rings (SSSR count). The quantitative estimate of drug-likeness (QED) is 0.418. The minimum Gasteiger partial charge on any atom is -0.354 e. The zero-order valence-corrected chi connectivity index (χ0v) is 18.7. The van der Waals surface area contributed by atoms with Gasteiger partial charge in [-0.05, 0) is 62.7 Å². The Bertz CT molecular complexity index is 1140. The molecule has 0 unspecified atom stereocenters. The minimum absolute atomic E-state index is 0.217. The molecule has 0 aliphatic rings. The zero-order valence-electron chi connectivity index (χ0n) is 18.7. The van der Waals surface area contributed by atoms with E-state index in [1.54, 1.807) is 6.08 Å². The van der Waals surface area contributed by atoms with E-state index in [-0.39, 0.29) is 5.56 Å². The number of nitrogens with zero attached hydrogens (tertiary/aromatic N) is 2. The Hall–Kier alpha value is -3.18. The van der Waals surface area contributed by atoms with E-state index in [4.69, 9.17) is 0 Å². The number of H-pyrrole nitrogens is 2. The summed E-state index contributed by atoms with van der Waals surface area (Å²) in [6, 6.07) is 10.4. The zero-order chi connectivity index (χ0) is 22.2. The average Bonchev–Trinajstić information content (AvgIpc) is 3.17. The van der Waals surface area contributed by atoms with Crippen molar-refractivity contribution in [2.45, 2.75) is 40.2 Å². The van der Waals surface area contributed by atoms with Crippen LogP contribution in [0.1, 0.15) is 44.9 Å². The maximum atomic E-state index is 12.5. The Morgan fingerprint density at radius 2 is 1.94 bits per heavy atom.